The maximum Gasteiger partial charge on any atom is 0.242 e. The predicted octanol–water partition coefficient (Wildman–Crippen LogP) is 3.29. The van der Waals surface area contributed by atoms with Gasteiger partial charge in [-0.05, 0) is 29.9 Å². The zero-order valence-electron chi connectivity index (χ0n) is 9.20. The fourth-order valence-corrected chi connectivity index (χ4v) is 2.61. The fraction of sp³-hybridized carbons (Fsp3) is 0.538. The van der Waals surface area contributed by atoms with E-state index in [1.165, 1.54) is 0 Å². The van der Waals surface area contributed by atoms with E-state index < -0.39 is 12.3 Å². The third kappa shape index (κ3) is 2.24. The molecule has 3 heteroatoms. The molecule has 1 aliphatic carbocycles. The Labute approximate surface area is 94.7 Å². The van der Waals surface area contributed by atoms with Gasteiger partial charge in [0.05, 0.1) is 0 Å². The Morgan fingerprint density at radius 2 is 1.88 bits per heavy atom. The van der Waals surface area contributed by atoms with Crippen molar-refractivity contribution in [2.24, 2.45) is 11.7 Å². The molecule has 1 saturated carbocycles. The molecule has 0 heterocycles. The van der Waals surface area contributed by atoms with Crippen molar-refractivity contribution in [3.05, 3.63) is 35.4 Å². The van der Waals surface area contributed by atoms with Gasteiger partial charge in [0.2, 0.25) is 6.43 Å². The molecule has 0 saturated heterocycles. The number of rotatable bonds is 3. The predicted molar refractivity (Wildman–Crippen MR) is 60.4 cm³/mol. The van der Waals surface area contributed by atoms with Gasteiger partial charge in [-0.2, -0.15) is 0 Å². The molecule has 2 N–H and O–H groups in total. The van der Waals surface area contributed by atoms with Gasteiger partial charge in [0.25, 0.3) is 0 Å². The second-order valence-electron chi connectivity index (χ2n) is 4.48. The molecule has 16 heavy (non-hydrogen) atoms. The Kier molecular flexibility index (Phi) is 3.54. The lowest BCUT2D eigenvalue weighted by molar-refractivity contribution is 0.0717. The molecule has 2 unspecified atom stereocenters. The van der Waals surface area contributed by atoms with Crippen molar-refractivity contribution in [3.8, 4) is 0 Å². The Bertz CT molecular complexity index is 334. The SMILES string of the molecule is NCc1ccc(C2CCCC2C(F)F)cc1. The van der Waals surface area contributed by atoms with Gasteiger partial charge in [-0.25, -0.2) is 8.78 Å². The van der Waals surface area contributed by atoms with E-state index in [1.54, 1.807) is 0 Å². The van der Waals surface area contributed by atoms with Crippen LogP contribution in [0.1, 0.15) is 36.3 Å². The number of nitrogens with two attached hydrogens (primary N) is 1. The largest absolute Gasteiger partial charge is 0.326 e. The maximum atomic E-state index is 12.8. The summed E-state index contributed by atoms with van der Waals surface area (Å²) in [6.45, 7) is 0.503. The topological polar surface area (TPSA) is 26.0 Å². The first-order valence-corrected chi connectivity index (χ1v) is 5.79. The van der Waals surface area contributed by atoms with Gasteiger partial charge in [0, 0.05) is 12.5 Å². The van der Waals surface area contributed by atoms with Gasteiger partial charge >= 0.3 is 0 Å². The highest BCUT2D eigenvalue weighted by atomic mass is 19.3. The van der Waals surface area contributed by atoms with Crippen molar-refractivity contribution >= 4 is 0 Å². The number of benzene rings is 1. The molecule has 0 aliphatic heterocycles. The van der Waals surface area contributed by atoms with Crippen molar-refractivity contribution in [3.63, 3.8) is 0 Å². The number of hydrogen-bond acceptors (Lipinski definition) is 1. The second kappa shape index (κ2) is 4.91. The van der Waals surface area contributed by atoms with Crippen molar-refractivity contribution in [1.82, 2.24) is 0 Å². The van der Waals surface area contributed by atoms with Crippen LogP contribution in [0.2, 0.25) is 0 Å². The van der Waals surface area contributed by atoms with Crippen LogP contribution in [-0.2, 0) is 6.54 Å². The van der Waals surface area contributed by atoms with Crippen molar-refractivity contribution in [2.75, 3.05) is 0 Å². The minimum Gasteiger partial charge on any atom is -0.326 e. The van der Waals surface area contributed by atoms with Gasteiger partial charge in [0.15, 0.2) is 0 Å². The molecule has 1 aromatic carbocycles. The highest BCUT2D eigenvalue weighted by molar-refractivity contribution is 5.26. The Hall–Kier alpha value is -0.960. The molecule has 0 amide bonds. The second-order valence-corrected chi connectivity index (χ2v) is 4.48. The number of halogens is 2. The molecule has 2 atom stereocenters. The minimum absolute atomic E-state index is 0.0341. The maximum absolute atomic E-state index is 12.8. The first-order chi connectivity index (χ1) is 7.72. The summed E-state index contributed by atoms with van der Waals surface area (Å²) in [4.78, 5) is 0. The van der Waals surface area contributed by atoms with Crippen LogP contribution in [0.5, 0.6) is 0 Å². The number of hydrogen-bond donors (Lipinski definition) is 1. The van der Waals surface area contributed by atoms with Crippen molar-refractivity contribution < 1.29 is 8.78 Å². The average Bonchev–Trinajstić information content (AvgIpc) is 2.78. The molecule has 1 nitrogen and oxygen atoms in total. The van der Waals surface area contributed by atoms with Crippen LogP contribution in [0.4, 0.5) is 8.78 Å². The van der Waals surface area contributed by atoms with Crippen LogP contribution < -0.4 is 5.73 Å². The van der Waals surface area contributed by atoms with Crippen LogP contribution in [0.3, 0.4) is 0 Å². The van der Waals surface area contributed by atoms with E-state index in [1.807, 2.05) is 24.3 Å². The lowest BCUT2D eigenvalue weighted by Crippen LogP contribution is -2.14. The van der Waals surface area contributed by atoms with E-state index in [2.05, 4.69) is 0 Å². The van der Waals surface area contributed by atoms with E-state index in [-0.39, 0.29) is 5.92 Å². The van der Waals surface area contributed by atoms with Gasteiger partial charge in [-0.3, -0.25) is 0 Å². The summed E-state index contributed by atoms with van der Waals surface area (Å²) in [5.41, 5.74) is 7.60. The monoisotopic (exact) mass is 225 g/mol. The zero-order chi connectivity index (χ0) is 11.5. The van der Waals surface area contributed by atoms with E-state index in [0.29, 0.717) is 13.0 Å². The summed E-state index contributed by atoms with van der Waals surface area (Å²) in [6, 6.07) is 7.79. The molecule has 0 bridgehead atoms. The summed E-state index contributed by atoms with van der Waals surface area (Å²) >= 11 is 0. The lowest BCUT2D eigenvalue weighted by atomic mass is 9.89. The fourth-order valence-electron chi connectivity index (χ4n) is 2.61. The Morgan fingerprint density at radius 1 is 1.19 bits per heavy atom. The summed E-state index contributed by atoms with van der Waals surface area (Å²) in [7, 11) is 0. The molecule has 0 spiro atoms. The molecule has 1 fully saturated rings. The van der Waals surface area contributed by atoms with Crippen LogP contribution >= 0.6 is 0 Å². The van der Waals surface area contributed by atoms with Crippen LogP contribution in [0.25, 0.3) is 0 Å². The smallest absolute Gasteiger partial charge is 0.242 e. The van der Waals surface area contributed by atoms with Gasteiger partial charge < -0.3 is 5.73 Å². The first-order valence-electron chi connectivity index (χ1n) is 5.79. The third-order valence-electron chi connectivity index (χ3n) is 3.54. The first kappa shape index (κ1) is 11.5. The average molecular weight is 225 g/mol. The van der Waals surface area contributed by atoms with E-state index in [9.17, 15) is 8.78 Å². The molecule has 0 aromatic heterocycles. The Balaban J connectivity index is 2.16. The van der Waals surface area contributed by atoms with Crippen molar-refractivity contribution in [1.29, 1.82) is 0 Å². The molecule has 88 valence electrons. The zero-order valence-corrected chi connectivity index (χ0v) is 9.20. The quantitative estimate of drug-likeness (QED) is 0.839. The van der Waals surface area contributed by atoms with E-state index in [0.717, 1.165) is 24.0 Å². The van der Waals surface area contributed by atoms with E-state index in [4.69, 9.17) is 5.73 Å². The van der Waals surface area contributed by atoms with Crippen LogP contribution in [-0.4, -0.2) is 6.43 Å². The molecule has 1 aromatic rings. The third-order valence-corrected chi connectivity index (χ3v) is 3.54. The summed E-state index contributed by atoms with van der Waals surface area (Å²) in [5, 5.41) is 0. The highest BCUT2D eigenvalue weighted by Gasteiger charge is 2.34. The summed E-state index contributed by atoms with van der Waals surface area (Å²) in [5.74, 6) is -0.421. The lowest BCUT2D eigenvalue weighted by Gasteiger charge is -2.19. The molecule has 0 radical (unpaired) electrons. The number of alkyl halides is 2. The molecule has 1 aliphatic rings. The van der Waals surface area contributed by atoms with E-state index >= 15 is 0 Å². The van der Waals surface area contributed by atoms with Crippen molar-refractivity contribution in [2.45, 2.75) is 38.2 Å². The molecular formula is C13H17F2N. The summed E-state index contributed by atoms with van der Waals surface area (Å²) < 4.78 is 25.6. The van der Waals surface area contributed by atoms with Crippen LogP contribution in [0.15, 0.2) is 24.3 Å². The molecule has 2 rings (SSSR count). The highest BCUT2D eigenvalue weighted by Crippen LogP contribution is 2.42. The van der Waals surface area contributed by atoms with Crippen LogP contribution in [0, 0.1) is 5.92 Å². The van der Waals surface area contributed by atoms with Gasteiger partial charge in [-0.15, -0.1) is 0 Å². The normalized spacial score (nSPS) is 25.2. The van der Waals surface area contributed by atoms with Gasteiger partial charge in [-0.1, -0.05) is 30.7 Å². The Morgan fingerprint density at radius 3 is 2.44 bits per heavy atom. The summed E-state index contributed by atoms with van der Waals surface area (Å²) in [6.07, 6.45) is 0.262. The minimum atomic E-state index is -2.19. The van der Waals surface area contributed by atoms with Gasteiger partial charge in [0.1, 0.15) is 0 Å². The molecular weight excluding hydrogens is 208 g/mol. The standard InChI is InChI=1S/C13H17F2N/c14-13(15)12-3-1-2-11(12)10-6-4-9(8-16)5-7-10/h4-7,11-13H,1-3,8,16H2.